The van der Waals surface area contributed by atoms with Crippen molar-refractivity contribution < 1.29 is 43.3 Å². The molecule has 2 heterocycles. The third-order valence-corrected chi connectivity index (χ3v) is 12.7. The van der Waals surface area contributed by atoms with E-state index in [9.17, 15) is 29.1 Å². The van der Waals surface area contributed by atoms with Gasteiger partial charge in [-0.25, -0.2) is 0 Å². The zero-order valence-corrected chi connectivity index (χ0v) is 31.5. The number of anilines is 2. The van der Waals surface area contributed by atoms with Gasteiger partial charge in [-0.3, -0.25) is 19.2 Å². The molecule has 1 saturated heterocycles. The van der Waals surface area contributed by atoms with E-state index in [0.29, 0.717) is 47.6 Å². The van der Waals surface area contributed by atoms with Crippen LogP contribution in [0.2, 0.25) is 18.6 Å². The number of ether oxygens (including phenoxy) is 3. The second-order valence-electron chi connectivity index (χ2n) is 14.0. The molecule has 1 fully saturated rings. The van der Waals surface area contributed by atoms with Crippen LogP contribution < -0.4 is 15.0 Å². The number of hydrogen-bond acceptors (Lipinski definition) is 9. The molecule has 0 aliphatic carbocycles. The van der Waals surface area contributed by atoms with Gasteiger partial charge in [0.1, 0.15) is 5.75 Å². The fraction of sp³-hybridized carbons (Fsp3) is 0.436. The lowest BCUT2D eigenvalue weighted by Gasteiger charge is -2.32. The molecule has 52 heavy (non-hydrogen) atoms. The van der Waals surface area contributed by atoms with Gasteiger partial charge in [0.05, 0.1) is 39.0 Å². The maximum absolute atomic E-state index is 14.8. The van der Waals surface area contributed by atoms with Crippen molar-refractivity contribution in [3.8, 4) is 5.75 Å². The number of hydrogen-bond donors (Lipinski definition) is 3. The number of aliphatic hydroxyl groups excluding tert-OH is 1. The summed E-state index contributed by atoms with van der Waals surface area (Å²) in [7, 11) is -0.212. The molecule has 0 bridgehead atoms. The fourth-order valence-corrected chi connectivity index (χ4v) is 10.2. The van der Waals surface area contributed by atoms with Crippen LogP contribution in [0.1, 0.15) is 54.1 Å². The van der Waals surface area contributed by atoms with E-state index in [2.05, 4.69) is 5.32 Å². The third-order valence-electron chi connectivity index (χ3n) is 10.1. The topological polar surface area (TPSA) is 155 Å². The normalized spacial score (nSPS) is 20.9. The summed E-state index contributed by atoms with van der Waals surface area (Å²) in [5, 5.41) is 12.8. The molecule has 3 aromatic carbocycles. The van der Waals surface area contributed by atoms with Gasteiger partial charge in [0.25, 0.3) is 11.8 Å². The molecule has 3 amide bonds. The maximum atomic E-state index is 14.8. The molecule has 13 heteroatoms. The molecule has 12 nitrogen and oxygen atoms in total. The maximum Gasteiger partial charge on any atom is 0.305 e. The summed E-state index contributed by atoms with van der Waals surface area (Å²) in [5.41, 5.74) is 0.844. The van der Waals surface area contributed by atoms with Crippen LogP contribution in [-0.2, 0) is 36.0 Å². The molecular weight excluding hydrogens is 683 g/mol. The third kappa shape index (κ3) is 8.07. The summed E-state index contributed by atoms with van der Waals surface area (Å²) in [6, 6.07) is 21.4. The van der Waals surface area contributed by atoms with E-state index in [1.807, 2.05) is 37.3 Å². The number of amides is 3. The molecule has 4 atom stereocenters. The molecular formula is C39H49N3O9Si. The number of methoxy groups -OCH3 is 2. The van der Waals surface area contributed by atoms with Gasteiger partial charge in [0, 0.05) is 54.3 Å². The van der Waals surface area contributed by atoms with Gasteiger partial charge in [-0.2, -0.15) is 0 Å². The first-order chi connectivity index (χ1) is 24.8. The summed E-state index contributed by atoms with van der Waals surface area (Å²) in [4.78, 5) is 68.8. The van der Waals surface area contributed by atoms with Crippen LogP contribution in [0.25, 0.3) is 0 Å². The van der Waals surface area contributed by atoms with Crippen LogP contribution in [0, 0.1) is 5.92 Å². The SMILES string of the molecule is COC(=O)CCCCN1C(=O)[C@]2(O[C@H](CC(=O)N(CCO)Cc3ccccc3)[C@@H]([Si](C)(C)O)[C@@H]2C)c2cc(NC(=O)c3ccc(OC)cc3)ccc21. The lowest BCUT2D eigenvalue weighted by Crippen LogP contribution is -2.46. The van der Waals surface area contributed by atoms with Crippen molar-refractivity contribution in [2.45, 2.75) is 69.5 Å². The summed E-state index contributed by atoms with van der Waals surface area (Å²) in [6.07, 6.45) is 0.325. The first kappa shape index (κ1) is 38.7. The molecule has 1 spiro atoms. The molecule has 2 aliphatic heterocycles. The van der Waals surface area contributed by atoms with Crippen LogP contribution in [0.15, 0.2) is 72.8 Å². The van der Waals surface area contributed by atoms with Crippen molar-refractivity contribution in [3.05, 3.63) is 89.5 Å². The van der Waals surface area contributed by atoms with Gasteiger partial charge < -0.3 is 39.2 Å². The molecule has 3 N–H and O–H groups in total. The quantitative estimate of drug-likeness (QED) is 0.113. The molecule has 2 aliphatic rings. The Morgan fingerprint density at radius 3 is 2.37 bits per heavy atom. The van der Waals surface area contributed by atoms with E-state index < -0.39 is 31.5 Å². The zero-order valence-electron chi connectivity index (χ0n) is 30.5. The largest absolute Gasteiger partial charge is 0.497 e. The number of carbonyl (C=O) groups is 4. The standard InChI is InChI=1S/C39H49N3O9Si/c1-26-36(52(4,5)48)33(24-34(44)41(21-22-43)25-27-11-7-6-8-12-27)51-39(26)31-23-29(40-37(46)28-14-17-30(49-2)18-15-28)16-19-32(31)42(38(39)47)20-10-9-13-35(45)50-3/h6-8,11-12,14-19,23,26,33,36,43,48H,9-10,13,20-22,24-25H2,1-5H3,(H,40,46)/t26-,33+,36-,39+/m0/s1. The van der Waals surface area contributed by atoms with Crippen molar-refractivity contribution in [3.63, 3.8) is 0 Å². The van der Waals surface area contributed by atoms with Crippen LogP contribution in [0.5, 0.6) is 5.75 Å². The summed E-state index contributed by atoms with van der Waals surface area (Å²) in [5.74, 6) is -1.19. The number of unbranched alkanes of at least 4 members (excludes halogenated alkanes) is 1. The van der Waals surface area contributed by atoms with Crippen molar-refractivity contribution in [2.75, 3.05) is 44.1 Å². The number of nitrogens with one attached hydrogen (secondary N) is 1. The Labute approximate surface area is 305 Å². The Hall–Kier alpha value is -4.56. The van der Waals surface area contributed by atoms with Crippen LogP contribution in [0.3, 0.4) is 0 Å². The molecule has 0 unspecified atom stereocenters. The summed E-state index contributed by atoms with van der Waals surface area (Å²) < 4.78 is 16.9. The van der Waals surface area contributed by atoms with Gasteiger partial charge in [0.15, 0.2) is 13.9 Å². The first-order valence-electron chi connectivity index (χ1n) is 17.7. The van der Waals surface area contributed by atoms with Gasteiger partial charge in [-0.15, -0.1) is 0 Å². The molecule has 0 aromatic heterocycles. The average molecular weight is 732 g/mol. The van der Waals surface area contributed by atoms with Gasteiger partial charge >= 0.3 is 5.97 Å². The van der Waals surface area contributed by atoms with Crippen molar-refractivity contribution in [2.24, 2.45) is 5.92 Å². The van der Waals surface area contributed by atoms with E-state index in [-0.39, 0.29) is 56.2 Å². The molecule has 5 rings (SSSR count). The Bertz CT molecular complexity index is 1750. The van der Waals surface area contributed by atoms with Crippen LogP contribution in [-0.4, -0.2) is 86.8 Å². The number of esters is 1. The second-order valence-corrected chi connectivity index (χ2v) is 18.0. The minimum atomic E-state index is -3.10. The van der Waals surface area contributed by atoms with E-state index in [0.717, 1.165) is 5.56 Å². The smallest absolute Gasteiger partial charge is 0.305 e. The number of fused-ring (bicyclic) bond motifs is 2. The van der Waals surface area contributed by atoms with E-state index in [1.54, 1.807) is 72.5 Å². The monoisotopic (exact) mass is 731 g/mol. The lowest BCUT2D eigenvalue weighted by molar-refractivity contribution is -0.149. The predicted molar refractivity (Wildman–Crippen MR) is 198 cm³/mol. The average Bonchev–Trinajstić information content (AvgIpc) is 3.55. The minimum absolute atomic E-state index is 0.101. The second kappa shape index (κ2) is 16.4. The zero-order chi connectivity index (χ0) is 37.6. The lowest BCUT2D eigenvalue weighted by atomic mass is 9.82. The molecule has 0 saturated carbocycles. The summed E-state index contributed by atoms with van der Waals surface area (Å²) in [6.45, 7) is 5.95. The number of carbonyl (C=O) groups excluding carboxylic acids is 4. The first-order valence-corrected chi connectivity index (χ1v) is 20.7. The molecule has 3 aromatic rings. The molecule has 0 radical (unpaired) electrons. The van der Waals surface area contributed by atoms with Gasteiger partial charge in [0.2, 0.25) is 5.91 Å². The highest BCUT2D eigenvalue weighted by Crippen LogP contribution is 2.60. The van der Waals surface area contributed by atoms with E-state index >= 15 is 0 Å². The summed E-state index contributed by atoms with van der Waals surface area (Å²) >= 11 is 0. The van der Waals surface area contributed by atoms with Crippen LogP contribution >= 0.6 is 0 Å². The fourth-order valence-electron chi connectivity index (χ4n) is 7.68. The Morgan fingerprint density at radius 2 is 1.73 bits per heavy atom. The number of nitrogens with zero attached hydrogens (tertiary/aromatic N) is 2. The number of rotatable bonds is 15. The van der Waals surface area contributed by atoms with E-state index in [4.69, 9.17) is 14.2 Å². The predicted octanol–water partition coefficient (Wildman–Crippen LogP) is 4.85. The highest BCUT2D eigenvalue weighted by Gasteiger charge is 2.66. The minimum Gasteiger partial charge on any atom is -0.497 e. The number of benzene rings is 3. The van der Waals surface area contributed by atoms with Gasteiger partial charge in [-0.05, 0) is 74.0 Å². The Kier molecular flexibility index (Phi) is 12.2. The van der Waals surface area contributed by atoms with Crippen LogP contribution in [0.4, 0.5) is 11.4 Å². The Balaban J connectivity index is 1.50. The highest BCUT2D eigenvalue weighted by molar-refractivity contribution is 6.71. The molecule has 278 valence electrons. The van der Waals surface area contributed by atoms with E-state index in [1.165, 1.54) is 7.11 Å². The van der Waals surface area contributed by atoms with Gasteiger partial charge in [-0.1, -0.05) is 37.3 Å². The van der Waals surface area contributed by atoms with Crippen molar-refractivity contribution in [1.82, 2.24) is 4.90 Å². The number of aliphatic hydroxyl groups is 1. The van der Waals surface area contributed by atoms with Crippen molar-refractivity contribution in [1.29, 1.82) is 0 Å². The highest BCUT2D eigenvalue weighted by atomic mass is 28.4. The van der Waals surface area contributed by atoms with Crippen molar-refractivity contribution >= 4 is 43.4 Å². The Morgan fingerprint density at radius 1 is 1.02 bits per heavy atom.